The summed E-state index contributed by atoms with van der Waals surface area (Å²) in [6, 6.07) is 0. The van der Waals surface area contributed by atoms with E-state index in [0.29, 0.717) is 31.4 Å². The minimum absolute atomic E-state index is 0.0770. The van der Waals surface area contributed by atoms with E-state index in [0.717, 1.165) is 5.56 Å². The van der Waals surface area contributed by atoms with E-state index in [1.165, 1.54) is 17.2 Å². The fraction of sp³-hybridized carbons (Fsp3) is 0.417. The average molecular weight is 292 g/mol. The van der Waals surface area contributed by atoms with Gasteiger partial charge in [0, 0.05) is 6.54 Å². The number of aromatic nitrogens is 5. The lowest BCUT2D eigenvalue weighted by molar-refractivity contribution is 0.0690. The van der Waals surface area contributed by atoms with Crippen molar-refractivity contribution in [3.63, 3.8) is 0 Å². The summed E-state index contributed by atoms with van der Waals surface area (Å²) in [6.07, 6.45) is 2.81. The molecule has 0 atom stereocenters. The Kier molecular flexibility index (Phi) is 4.64. The monoisotopic (exact) mass is 292 g/mol. The summed E-state index contributed by atoms with van der Waals surface area (Å²) in [4.78, 5) is 18.9. The second-order valence-corrected chi connectivity index (χ2v) is 4.18. The van der Waals surface area contributed by atoms with Gasteiger partial charge in [-0.3, -0.25) is 0 Å². The van der Waals surface area contributed by atoms with Crippen LogP contribution in [-0.4, -0.2) is 49.2 Å². The minimum atomic E-state index is -1.10. The highest BCUT2D eigenvalue weighted by atomic mass is 16.5. The largest absolute Gasteiger partial charge is 0.478 e. The summed E-state index contributed by atoms with van der Waals surface area (Å²) < 4.78 is 6.84. The Bertz CT molecular complexity index is 627. The first kappa shape index (κ1) is 14.7. The number of nitrogens with zero attached hydrogens (tertiary/aromatic N) is 5. The predicted octanol–water partition coefficient (Wildman–Crippen LogP) is 0.586. The van der Waals surface area contributed by atoms with Crippen LogP contribution in [0, 0.1) is 6.92 Å². The van der Waals surface area contributed by atoms with E-state index in [9.17, 15) is 4.79 Å². The number of hydrogen-bond donors (Lipinski definition) is 2. The Morgan fingerprint density at radius 3 is 2.95 bits per heavy atom. The van der Waals surface area contributed by atoms with Gasteiger partial charge in [-0.2, -0.15) is 0 Å². The Morgan fingerprint density at radius 2 is 2.29 bits per heavy atom. The molecule has 21 heavy (non-hydrogen) atoms. The van der Waals surface area contributed by atoms with Crippen molar-refractivity contribution in [3.8, 4) is 5.88 Å². The molecule has 2 heterocycles. The van der Waals surface area contributed by atoms with Crippen molar-refractivity contribution in [1.29, 1.82) is 0 Å². The lowest BCUT2D eigenvalue weighted by Crippen LogP contribution is -2.13. The fourth-order valence-electron chi connectivity index (χ4n) is 1.69. The molecule has 0 fully saturated rings. The van der Waals surface area contributed by atoms with Crippen LogP contribution in [0.3, 0.4) is 0 Å². The molecule has 0 saturated carbocycles. The van der Waals surface area contributed by atoms with E-state index in [4.69, 9.17) is 9.84 Å². The van der Waals surface area contributed by atoms with Crippen LogP contribution in [0.4, 0.5) is 5.82 Å². The number of aromatic carboxylic acids is 1. The van der Waals surface area contributed by atoms with Crippen molar-refractivity contribution < 1.29 is 14.6 Å². The molecule has 0 amide bonds. The number of carboxylic acids is 1. The molecule has 0 aliphatic carbocycles. The van der Waals surface area contributed by atoms with Crippen LogP contribution in [0.25, 0.3) is 0 Å². The topological polar surface area (TPSA) is 115 Å². The Morgan fingerprint density at radius 1 is 1.48 bits per heavy atom. The zero-order valence-electron chi connectivity index (χ0n) is 11.8. The van der Waals surface area contributed by atoms with Gasteiger partial charge in [-0.1, -0.05) is 5.21 Å². The fourth-order valence-corrected chi connectivity index (χ4v) is 1.69. The SMILES string of the molecule is CCOc1ncnc(NCCn2cc(C(=O)O)nn2)c1C. The molecule has 2 aromatic rings. The minimum Gasteiger partial charge on any atom is -0.478 e. The quantitative estimate of drug-likeness (QED) is 0.761. The van der Waals surface area contributed by atoms with Gasteiger partial charge in [0.25, 0.3) is 0 Å². The van der Waals surface area contributed by atoms with Crippen molar-refractivity contribution in [2.45, 2.75) is 20.4 Å². The molecule has 0 saturated heterocycles. The second kappa shape index (κ2) is 6.64. The van der Waals surface area contributed by atoms with Crippen LogP contribution in [0.1, 0.15) is 23.0 Å². The standard InChI is InChI=1S/C12H16N6O3/c1-3-21-11-8(2)10(14-7-15-11)13-4-5-18-6-9(12(19)20)16-17-18/h6-7H,3-5H2,1-2H3,(H,19,20)(H,13,14,15). The molecule has 0 spiro atoms. The number of carbonyl (C=O) groups is 1. The molecule has 9 heteroatoms. The summed E-state index contributed by atoms with van der Waals surface area (Å²) in [5.41, 5.74) is 0.746. The number of anilines is 1. The third-order valence-electron chi connectivity index (χ3n) is 2.71. The Hall–Kier alpha value is -2.71. The molecule has 0 radical (unpaired) electrons. The molecule has 9 nitrogen and oxygen atoms in total. The molecule has 0 unspecified atom stereocenters. The van der Waals surface area contributed by atoms with Crippen LogP contribution in [0.5, 0.6) is 5.88 Å². The van der Waals surface area contributed by atoms with E-state index in [2.05, 4.69) is 25.6 Å². The molecule has 0 aliphatic heterocycles. The highest BCUT2D eigenvalue weighted by Crippen LogP contribution is 2.19. The highest BCUT2D eigenvalue weighted by Gasteiger charge is 2.09. The van der Waals surface area contributed by atoms with Crippen molar-refractivity contribution in [2.24, 2.45) is 0 Å². The second-order valence-electron chi connectivity index (χ2n) is 4.18. The number of ether oxygens (including phenoxy) is 1. The Labute approximate surface area is 121 Å². The van der Waals surface area contributed by atoms with Gasteiger partial charge in [-0.05, 0) is 13.8 Å². The maximum atomic E-state index is 10.7. The van der Waals surface area contributed by atoms with E-state index in [1.54, 1.807) is 0 Å². The van der Waals surface area contributed by atoms with E-state index in [1.807, 2.05) is 13.8 Å². The molecule has 2 N–H and O–H groups in total. The van der Waals surface area contributed by atoms with Gasteiger partial charge < -0.3 is 15.2 Å². The van der Waals surface area contributed by atoms with Gasteiger partial charge >= 0.3 is 5.97 Å². The number of nitrogens with one attached hydrogen (secondary N) is 1. The molecule has 2 aromatic heterocycles. The maximum absolute atomic E-state index is 10.7. The van der Waals surface area contributed by atoms with Crippen LogP contribution >= 0.6 is 0 Å². The predicted molar refractivity (Wildman–Crippen MR) is 73.4 cm³/mol. The lowest BCUT2D eigenvalue weighted by atomic mass is 10.3. The third-order valence-corrected chi connectivity index (χ3v) is 2.71. The van der Waals surface area contributed by atoms with Crippen LogP contribution in [-0.2, 0) is 6.54 Å². The maximum Gasteiger partial charge on any atom is 0.358 e. The van der Waals surface area contributed by atoms with Crippen molar-refractivity contribution in [1.82, 2.24) is 25.0 Å². The van der Waals surface area contributed by atoms with Gasteiger partial charge in [0.1, 0.15) is 12.1 Å². The zero-order valence-corrected chi connectivity index (χ0v) is 11.8. The van der Waals surface area contributed by atoms with Crippen molar-refractivity contribution in [3.05, 3.63) is 23.8 Å². The molecule has 0 bridgehead atoms. The van der Waals surface area contributed by atoms with Gasteiger partial charge in [-0.15, -0.1) is 5.10 Å². The van der Waals surface area contributed by atoms with E-state index >= 15 is 0 Å². The zero-order chi connectivity index (χ0) is 15.2. The average Bonchev–Trinajstić information content (AvgIpc) is 2.92. The summed E-state index contributed by atoms with van der Waals surface area (Å²) in [7, 11) is 0. The first-order valence-corrected chi connectivity index (χ1v) is 6.43. The van der Waals surface area contributed by atoms with E-state index < -0.39 is 5.97 Å². The summed E-state index contributed by atoms with van der Waals surface area (Å²) in [5, 5.41) is 19.2. The van der Waals surface area contributed by atoms with Gasteiger partial charge in [0.15, 0.2) is 5.69 Å². The molecule has 0 aliphatic rings. The van der Waals surface area contributed by atoms with Crippen LogP contribution < -0.4 is 10.1 Å². The molecular formula is C12H16N6O3. The lowest BCUT2D eigenvalue weighted by Gasteiger charge is -2.11. The first-order valence-electron chi connectivity index (χ1n) is 6.43. The smallest absolute Gasteiger partial charge is 0.358 e. The first-order chi connectivity index (χ1) is 10.1. The molecule has 0 aromatic carbocycles. The van der Waals surface area contributed by atoms with Crippen LogP contribution in [0.2, 0.25) is 0 Å². The van der Waals surface area contributed by atoms with E-state index in [-0.39, 0.29) is 5.69 Å². The number of carboxylic acid groups (broad SMARTS) is 1. The Balaban J connectivity index is 1.93. The summed E-state index contributed by atoms with van der Waals surface area (Å²) in [6.45, 7) is 5.28. The van der Waals surface area contributed by atoms with Gasteiger partial charge in [0.2, 0.25) is 5.88 Å². The van der Waals surface area contributed by atoms with Crippen LogP contribution in [0.15, 0.2) is 12.5 Å². The molecule has 2 rings (SSSR count). The van der Waals surface area contributed by atoms with Crippen molar-refractivity contribution >= 4 is 11.8 Å². The molecular weight excluding hydrogens is 276 g/mol. The van der Waals surface area contributed by atoms with Gasteiger partial charge in [-0.25, -0.2) is 19.4 Å². The highest BCUT2D eigenvalue weighted by molar-refractivity contribution is 5.84. The normalized spacial score (nSPS) is 10.4. The van der Waals surface area contributed by atoms with Crippen molar-refractivity contribution in [2.75, 3.05) is 18.5 Å². The summed E-state index contributed by atoms with van der Waals surface area (Å²) in [5.74, 6) is 0.123. The summed E-state index contributed by atoms with van der Waals surface area (Å²) >= 11 is 0. The van der Waals surface area contributed by atoms with Gasteiger partial charge in [0.05, 0.1) is 24.9 Å². The molecule has 112 valence electrons. The number of rotatable bonds is 7. The third kappa shape index (κ3) is 3.65. The number of hydrogen-bond acceptors (Lipinski definition) is 7.